The van der Waals surface area contributed by atoms with E-state index in [9.17, 15) is 9.90 Å². The third-order valence-electron chi connectivity index (χ3n) is 1.69. The largest absolute Gasteiger partial charge is 1.00 e. The molecule has 0 aliphatic heterocycles. The van der Waals surface area contributed by atoms with Crippen LogP contribution < -0.4 is 56.5 Å². The van der Waals surface area contributed by atoms with Crippen LogP contribution in [0.4, 0.5) is 0 Å². The predicted octanol–water partition coefficient (Wildman–Crippen LogP) is -2.61. The third kappa shape index (κ3) is 2.37. The second kappa shape index (κ2) is 4.30. The fourth-order valence-corrected chi connectivity index (χ4v) is 1.68. The van der Waals surface area contributed by atoms with Gasteiger partial charge in [-0.2, -0.15) is 0 Å². The van der Waals surface area contributed by atoms with Gasteiger partial charge in [-0.05, 0) is 12.8 Å². The van der Waals surface area contributed by atoms with E-state index in [-0.39, 0.29) is 56.4 Å². The standard InChI is InChI=1S/C7H7NO2S.K/c9-7(10)6-8-5(3-11-6)4-1-2-4;/h3-4H,1-2H2,(H,9,10);/q;+1/p-1. The third-order valence-corrected chi connectivity index (χ3v) is 2.53. The van der Waals surface area contributed by atoms with Gasteiger partial charge >= 0.3 is 51.4 Å². The summed E-state index contributed by atoms with van der Waals surface area (Å²) in [5.74, 6) is -0.638. The Labute approximate surface area is 117 Å². The molecule has 0 atom stereocenters. The molecular formula is C7H6KNO2S. The summed E-state index contributed by atoms with van der Waals surface area (Å²) in [5.41, 5.74) is 0.925. The zero-order valence-electron chi connectivity index (χ0n) is 6.74. The molecule has 0 aromatic carbocycles. The number of carbonyl (C=O) groups excluding carboxylic acids is 1. The molecule has 0 unspecified atom stereocenters. The van der Waals surface area contributed by atoms with Gasteiger partial charge in [0.2, 0.25) is 0 Å². The SMILES string of the molecule is O=C([O-])c1nc(C2CC2)cs1.[K+]. The molecule has 2 rings (SSSR count). The van der Waals surface area contributed by atoms with Crippen molar-refractivity contribution in [3.8, 4) is 0 Å². The average Bonchev–Trinajstić information content (AvgIpc) is 2.68. The Hall–Kier alpha value is 0.736. The number of nitrogens with zero attached hydrogens (tertiary/aromatic N) is 1. The van der Waals surface area contributed by atoms with Crippen LogP contribution in [0, 0.1) is 0 Å². The molecule has 0 spiro atoms. The first-order chi connectivity index (χ1) is 5.27. The Morgan fingerprint density at radius 3 is 2.75 bits per heavy atom. The van der Waals surface area contributed by atoms with Crippen molar-refractivity contribution >= 4 is 17.3 Å². The predicted molar refractivity (Wildman–Crippen MR) is 38.4 cm³/mol. The van der Waals surface area contributed by atoms with E-state index in [4.69, 9.17) is 0 Å². The van der Waals surface area contributed by atoms with Crippen molar-refractivity contribution in [1.29, 1.82) is 0 Å². The molecule has 1 saturated carbocycles. The minimum Gasteiger partial charge on any atom is -0.542 e. The molecule has 0 amide bonds. The average molecular weight is 207 g/mol. The Balaban J connectivity index is 0.000000720. The van der Waals surface area contributed by atoms with Crippen molar-refractivity contribution in [1.82, 2.24) is 4.98 Å². The minimum absolute atomic E-state index is 0. The molecule has 1 aliphatic rings. The molecule has 5 heteroatoms. The van der Waals surface area contributed by atoms with Gasteiger partial charge in [-0.1, -0.05) is 0 Å². The molecule has 1 aliphatic carbocycles. The number of carboxylic acids is 1. The van der Waals surface area contributed by atoms with Gasteiger partial charge in [0.15, 0.2) is 0 Å². The first-order valence-corrected chi connectivity index (χ1v) is 4.32. The number of aromatic carboxylic acids is 1. The molecule has 0 N–H and O–H groups in total. The number of aromatic nitrogens is 1. The molecule has 1 heterocycles. The fourth-order valence-electron chi connectivity index (χ4n) is 0.947. The molecule has 3 nitrogen and oxygen atoms in total. The Bertz CT molecular complexity index is 295. The summed E-state index contributed by atoms with van der Waals surface area (Å²) in [6, 6.07) is 0. The summed E-state index contributed by atoms with van der Waals surface area (Å²) in [4.78, 5) is 14.2. The van der Waals surface area contributed by atoms with E-state index >= 15 is 0 Å². The van der Waals surface area contributed by atoms with Crippen LogP contribution in [0.3, 0.4) is 0 Å². The van der Waals surface area contributed by atoms with Gasteiger partial charge in [-0.15, -0.1) is 11.3 Å². The first kappa shape index (κ1) is 10.8. The summed E-state index contributed by atoms with van der Waals surface area (Å²) in [7, 11) is 0. The van der Waals surface area contributed by atoms with Crippen molar-refractivity contribution in [3.63, 3.8) is 0 Å². The maximum absolute atomic E-state index is 10.3. The second-order valence-electron chi connectivity index (χ2n) is 2.64. The zero-order chi connectivity index (χ0) is 7.84. The van der Waals surface area contributed by atoms with Crippen LogP contribution in [0.25, 0.3) is 0 Å². The van der Waals surface area contributed by atoms with Crippen molar-refractivity contribution in [3.05, 3.63) is 16.1 Å². The van der Waals surface area contributed by atoms with E-state index < -0.39 is 5.97 Å². The van der Waals surface area contributed by atoms with Gasteiger partial charge in [-0.25, -0.2) is 4.98 Å². The normalized spacial score (nSPS) is 15.3. The molecular weight excluding hydrogens is 201 g/mol. The topological polar surface area (TPSA) is 53.0 Å². The second-order valence-corrected chi connectivity index (χ2v) is 3.50. The fraction of sp³-hybridized carbons (Fsp3) is 0.429. The van der Waals surface area contributed by atoms with E-state index in [1.165, 1.54) is 0 Å². The van der Waals surface area contributed by atoms with Crippen LogP contribution in [-0.2, 0) is 0 Å². The summed E-state index contributed by atoms with van der Waals surface area (Å²) >= 11 is 1.15. The maximum Gasteiger partial charge on any atom is 1.00 e. The van der Waals surface area contributed by atoms with E-state index in [0.717, 1.165) is 29.9 Å². The molecule has 12 heavy (non-hydrogen) atoms. The monoisotopic (exact) mass is 207 g/mol. The molecule has 0 bridgehead atoms. The maximum atomic E-state index is 10.3. The van der Waals surface area contributed by atoms with Crippen LogP contribution in [-0.4, -0.2) is 11.0 Å². The van der Waals surface area contributed by atoms with Gasteiger partial charge in [0.05, 0.1) is 5.69 Å². The molecule has 0 saturated heterocycles. The zero-order valence-corrected chi connectivity index (χ0v) is 10.7. The van der Waals surface area contributed by atoms with Gasteiger partial charge in [-0.3, -0.25) is 0 Å². The van der Waals surface area contributed by atoms with Crippen molar-refractivity contribution in [2.75, 3.05) is 0 Å². The molecule has 58 valence electrons. The van der Waals surface area contributed by atoms with Crippen LogP contribution in [0.2, 0.25) is 0 Å². The van der Waals surface area contributed by atoms with Gasteiger partial charge in [0, 0.05) is 11.3 Å². The number of hydrogen-bond acceptors (Lipinski definition) is 4. The van der Waals surface area contributed by atoms with Crippen molar-refractivity contribution < 1.29 is 61.3 Å². The minimum atomic E-state index is -1.16. The molecule has 1 aromatic heterocycles. The number of rotatable bonds is 2. The van der Waals surface area contributed by atoms with Gasteiger partial charge < -0.3 is 9.90 Å². The Morgan fingerprint density at radius 1 is 1.67 bits per heavy atom. The summed E-state index contributed by atoms with van der Waals surface area (Å²) in [6.07, 6.45) is 2.30. The number of carbonyl (C=O) groups is 1. The van der Waals surface area contributed by atoms with E-state index in [1.807, 2.05) is 5.38 Å². The number of thiazole rings is 1. The van der Waals surface area contributed by atoms with E-state index in [0.29, 0.717) is 5.92 Å². The van der Waals surface area contributed by atoms with Crippen molar-refractivity contribution in [2.45, 2.75) is 18.8 Å². The Kier molecular flexibility index (Phi) is 3.88. The van der Waals surface area contributed by atoms with Crippen LogP contribution in [0.15, 0.2) is 5.38 Å². The number of hydrogen-bond donors (Lipinski definition) is 0. The van der Waals surface area contributed by atoms with Crippen LogP contribution >= 0.6 is 11.3 Å². The summed E-state index contributed by atoms with van der Waals surface area (Å²) in [5, 5.41) is 12.2. The molecule has 1 fully saturated rings. The first-order valence-electron chi connectivity index (χ1n) is 3.44. The summed E-state index contributed by atoms with van der Waals surface area (Å²) in [6.45, 7) is 0. The smallest absolute Gasteiger partial charge is 0.542 e. The molecule has 0 radical (unpaired) electrons. The van der Waals surface area contributed by atoms with E-state index in [1.54, 1.807) is 0 Å². The van der Waals surface area contributed by atoms with E-state index in [2.05, 4.69) is 4.98 Å². The van der Waals surface area contributed by atoms with Gasteiger partial charge in [0.25, 0.3) is 0 Å². The van der Waals surface area contributed by atoms with Crippen molar-refractivity contribution in [2.24, 2.45) is 0 Å². The number of carboxylic acid groups (broad SMARTS) is 1. The van der Waals surface area contributed by atoms with Crippen LogP contribution in [0.1, 0.15) is 34.3 Å². The van der Waals surface area contributed by atoms with Crippen LogP contribution in [0.5, 0.6) is 0 Å². The molecule has 1 aromatic rings. The Morgan fingerprint density at radius 2 is 2.33 bits per heavy atom. The quantitative estimate of drug-likeness (QED) is 0.499. The summed E-state index contributed by atoms with van der Waals surface area (Å²) < 4.78 is 0. The van der Waals surface area contributed by atoms with Gasteiger partial charge in [0.1, 0.15) is 11.0 Å².